The van der Waals surface area contributed by atoms with E-state index >= 15 is 0 Å². The first-order chi connectivity index (χ1) is 10.8. The lowest BCUT2D eigenvalue weighted by Crippen LogP contribution is -2.19. The van der Waals surface area contributed by atoms with Crippen LogP contribution >= 0.6 is 0 Å². The summed E-state index contributed by atoms with van der Waals surface area (Å²) in [5.74, 6) is -1.76. The second-order valence-electron chi connectivity index (χ2n) is 4.25. The molecule has 124 valence electrons. The zero-order valence-electron chi connectivity index (χ0n) is 12.3. The van der Waals surface area contributed by atoms with Gasteiger partial charge in [-0.1, -0.05) is 36.4 Å². The minimum atomic E-state index is -4.58. The summed E-state index contributed by atoms with van der Waals surface area (Å²) in [5.41, 5.74) is 0.728. The molecule has 23 heavy (non-hydrogen) atoms. The van der Waals surface area contributed by atoms with Gasteiger partial charge in [-0.2, -0.15) is 13.2 Å². The Morgan fingerprint density at radius 2 is 1.78 bits per heavy atom. The van der Waals surface area contributed by atoms with E-state index in [0.29, 0.717) is 5.56 Å². The molecule has 1 rings (SSSR count). The molecule has 0 heterocycles. The Bertz CT molecular complexity index is 589. The Balaban J connectivity index is 2.83. The molecular weight excluding hydrogens is 313 g/mol. The van der Waals surface area contributed by atoms with Gasteiger partial charge in [-0.05, 0) is 18.6 Å². The largest absolute Gasteiger partial charge is 0.462 e. The van der Waals surface area contributed by atoms with Gasteiger partial charge in [0.25, 0.3) is 0 Å². The van der Waals surface area contributed by atoms with Crippen molar-refractivity contribution in [1.82, 2.24) is 0 Å². The van der Waals surface area contributed by atoms with Gasteiger partial charge in [-0.25, -0.2) is 9.59 Å². The van der Waals surface area contributed by atoms with E-state index in [1.54, 1.807) is 37.3 Å². The van der Waals surface area contributed by atoms with Crippen LogP contribution in [0.2, 0.25) is 0 Å². The standard InChI is InChI=1S/C16H15F3O4/c1-2-22-15(21)13(12-7-4-3-5-8-12)9-6-10-14(20)23-11-16(17,18)19/h3-10H,2,11H2,1H3/b10-6+,13-9-. The second kappa shape index (κ2) is 8.77. The van der Waals surface area contributed by atoms with Gasteiger partial charge in [0.2, 0.25) is 0 Å². The van der Waals surface area contributed by atoms with Gasteiger partial charge in [0, 0.05) is 6.08 Å². The summed E-state index contributed by atoms with van der Waals surface area (Å²) in [4.78, 5) is 23.0. The third kappa shape index (κ3) is 7.30. The lowest BCUT2D eigenvalue weighted by Gasteiger charge is -2.06. The molecule has 0 aliphatic heterocycles. The average molecular weight is 328 g/mol. The maximum Gasteiger partial charge on any atom is 0.422 e. The van der Waals surface area contributed by atoms with Gasteiger partial charge in [-0.15, -0.1) is 0 Å². The summed E-state index contributed by atoms with van der Waals surface area (Å²) in [7, 11) is 0. The Morgan fingerprint density at radius 3 is 2.35 bits per heavy atom. The Hall–Kier alpha value is -2.57. The summed E-state index contributed by atoms with van der Waals surface area (Å²) in [6.45, 7) is 0.147. The highest BCUT2D eigenvalue weighted by atomic mass is 19.4. The van der Waals surface area contributed by atoms with Gasteiger partial charge < -0.3 is 9.47 Å². The number of rotatable bonds is 6. The van der Waals surface area contributed by atoms with Crippen LogP contribution in [0.4, 0.5) is 13.2 Å². The van der Waals surface area contributed by atoms with Crippen molar-refractivity contribution < 1.29 is 32.2 Å². The maximum absolute atomic E-state index is 11.9. The molecular formula is C16H15F3O4. The van der Waals surface area contributed by atoms with Crippen molar-refractivity contribution in [3.8, 4) is 0 Å². The molecule has 0 saturated carbocycles. The monoisotopic (exact) mass is 328 g/mol. The van der Waals surface area contributed by atoms with Crippen LogP contribution in [0.15, 0.2) is 48.6 Å². The SMILES string of the molecule is CCOC(=O)/C(=C\C=C\C(=O)OCC(F)(F)F)c1ccccc1. The molecule has 7 heteroatoms. The molecule has 0 N–H and O–H groups in total. The summed E-state index contributed by atoms with van der Waals surface area (Å²) in [6.07, 6.45) is -1.37. The van der Waals surface area contributed by atoms with E-state index in [1.807, 2.05) is 0 Å². The molecule has 0 radical (unpaired) electrons. The number of alkyl halides is 3. The van der Waals surface area contributed by atoms with Gasteiger partial charge in [0.05, 0.1) is 12.2 Å². The average Bonchev–Trinajstić information content (AvgIpc) is 2.50. The van der Waals surface area contributed by atoms with Crippen molar-refractivity contribution >= 4 is 17.5 Å². The molecule has 0 fully saturated rings. The number of allylic oxidation sites excluding steroid dienone is 2. The summed E-state index contributed by atoms with van der Waals surface area (Å²) >= 11 is 0. The highest BCUT2D eigenvalue weighted by molar-refractivity contribution is 6.16. The van der Waals surface area contributed by atoms with Crippen molar-refractivity contribution in [3.63, 3.8) is 0 Å². The van der Waals surface area contributed by atoms with E-state index < -0.39 is 24.7 Å². The van der Waals surface area contributed by atoms with E-state index in [2.05, 4.69) is 4.74 Å². The molecule has 0 bridgehead atoms. The molecule has 0 aromatic heterocycles. The Labute approximate surface area is 131 Å². The number of carbonyl (C=O) groups is 2. The number of hydrogen-bond donors (Lipinski definition) is 0. The lowest BCUT2D eigenvalue weighted by molar-refractivity contribution is -0.182. The van der Waals surface area contributed by atoms with Crippen molar-refractivity contribution in [3.05, 3.63) is 54.1 Å². The van der Waals surface area contributed by atoms with E-state index in [4.69, 9.17) is 4.74 Å². The predicted molar refractivity (Wildman–Crippen MR) is 77.2 cm³/mol. The molecule has 0 aliphatic rings. The van der Waals surface area contributed by atoms with Crippen LogP contribution < -0.4 is 0 Å². The molecule has 0 spiro atoms. The maximum atomic E-state index is 11.9. The highest BCUT2D eigenvalue weighted by Gasteiger charge is 2.29. The van der Waals surface area contributed by atoms with Crippen LogP contribution in [0.25, 0.3) is 5.57 Å². The third-order valence-corrected chi connectivity index (χ3v) is 2.45. The lowest BCUT2D eigenvalue weighted by atomic mass is 10.1. The summed E-state index contributed by atoms with van der Waals surface area (Å²) in [5, 5.41) is 0. The van der Waals surface area contributed by atoms with Crippen LogP contribution in [0.1, 0.15) is 12.5 Å². The summed E-state index contributed by atoms with van der Waals surface area (Å²) in [6, 6.07) is 8.52. The quantitative estimate of drug-likeness (QED) is 0.457. The fraction of sp³-hybridized carbons (Fsp3) is 0.250. The van der Waals surface area contributed by atoms with Crippen LogP contribution in [-0.2, 0) is 19.1 Å². The number of halogens is 3. The molecule has 0 amide bonds. The van der Waals surface area contributed by atoms with E-state index in [1.165, 1.54) is 6.08 Å². The molecule has 0 atom stereocenters. The predicted octanol–water partition coefficient (Wildman–Crippen LogP) is 3.29. The minimum absolute atomic E-state index is 0.167. The van der Waals surface area contributed by atoms with Gasteiger partial charge in [0.1, 0.15) is 0 Å². The van der Waals surface area contributed by atoms with Gasteiger partial charge in [-0.3, -0.25) is 0 Å². The molecule has 1 aromatic rings. The number of benzene rings is 1. The van der Waals surface area contributed by atoms with Crippen LogP contribution in [0.5, 0.6) is 0 Å². The topological polar surface area (TPSA) is 52.6 Å². The van der Waals surface area contributed by atoms with E-state index in [-0.39, 0.29) is 12.2 Å². The fourth-order valence-electron chi connectivity index (χ4n) is 1.53. The second-order valence-corrected chi connectivity index (χ2v) is 4.25. The minimum Gasteiger partial charge on any atom is -0.462 e. The first-order valence-corrected chi connectivity index (χ1v) is 6.68. The zero-order valence-corrected chi connectivity index (χ0v) is 12.3. The molecule has 4 nitrogen and oxygen atoms in total. The Kier molecular flexibility index (Phi) is 7.05. The summed E-state index contributed by atoms with van der Waals surface area (Å²) < 4.78 is 44.6. The number of esters is 2. The highest BCUT2D eigenvalue weighted by Crippen LogP contribution is 2.16. The van der Waals surface area contributed by atoms with Crippen LogP contribution in [0.3, 0.4) is 0 Å². The van der Waals surface area contributed by atoms with Gasteiger partial charge in [0.15, 0.2) is 6.61 Å². The third-order valence-electron chi connectivity index (χ3n) is 2.45. The molecule has 0 saturated heterocycles. The zero-order chi connectivity index (χ0) is 17.3. The number of carbonyl (C=O) groups excluding carboxylic acids is 2. The van der Waals surface area contributed by atoms with Crippen LogP contribution in [-0.4, -0.2) is 31.3 Å². The number of hydrogen-bond acceptors (Lipinski definition) is 4. The fourth-order valence-corrected chi connectivity index (χ4v) is 1.53. The normalized spacial score (nSPS) is 12.3. The van der Waals surface area contributed by atoms with E-state index in [9.17, 15) is 22.8 Å². The first kappa shape index (κ1) is 18.5. The van der Waals surface area contributed by atoms with Crippen LogP contribution in [0, 0.1) is 0 Å². The van der Waals surface area contributed by atoms with Crippen molar-refractivity contribution in [1.29, 1.82) is 0 Å². The molecule has 0 unspecified atom stereocenters. The molecule has 0 aliphatic carbocycles. The van der Waals surface area contributed by atoms with Gasteiger partial charge >= 0.3 is 18.1 Å². The number of ether oxygens (including phenoxy) is 2. The Morgan fingerprint density at radius 1 is 1.13 bits per heavy atom. The van der Waals surface area contributed by atoms with Crippen molar-refractivity contribution in [2.24, 2.45) is 0 Å². The van der Waals surface area contributed by atoms with Crippen molar-refractivity contribution in [2.75, 3.05) is 13.2 Å². The first-order valence-electron chi connectivity index (χ1n) is 6.68. The molecule has 1 aromatic carbocycles. The van der Waals surface area contributed by atoms with E-state index in [0.717, 1.165) is 12.2 Å². The van der Waals surface area contributed by atoms with Crippen molar-refractivity contribution in [2.45, 2.75) is 13.1 Å². The smallest absolute Gasteiger partial charge is 0.422 e.